The van der Waals surface area contributed by atoms with Gasteiger partial charge in [-0.05, 0) is 44.5 Å². The Labute approximate surface area is 128 Å². The van der Waals surface area contributed by atoms with Crippen LogP contribution in [0, 0.1) is 0 Å². The van der Waals surface area contributed by atoms with Crippen molar-refractivity contribution in [1.29, 1.82) is 0 Å². The third-order valence-corrected chi connectivity index (χ3v) is 3.88. The maximum Gasteiger partial charge on any atom is 0.251 e. The molecule has 0 saturated carbocycles. The molecule has 1 aromatic carbocycles. The molecule has 0 bridgehead atoms. The Kier molecular flexibility index (Phi) is 6.85. The number of nitrogens with zero attached hydrogens (tertiary/aromatic N) is 1. The molecule has 1 saturated heterocycles. The maximum atomic E-state index is 12.3. The average molecular weight is 292 g/mol. The van der Waals surface area contributed by atoms with E-state index < -0.39 is 0 Å². The molecule has 1 heterocycles. The zero-order valence-electron chi connectivity index (χ0n) is 13.6. The number of amides is 1. The van der Waals surface area contributed by atoms with Crippen molar-refractivity contribution in [2.45, 2.75) is 45.8 Å². The van der Waals surface area contributed by atoms with Crippen LogP contribution in [0.4, 0.5) is 0 Å². The molecule has 4 heteroatoms. The topological polar surface area (TPSA) is 52.6 Å². The largest absolute Gasteiger partial charge is 0.392 e. The van der Waals surface area contributed by atoms with Crippen molar-refractivity contribution in [3.8, 4) is 0 Å². The fourth-order valence-corrected chi connectivity index (χ4v) is 2.39. The first-order valence-corrected chi connectivity index (χ1v) is 7.73. The van der Waals surface area contributed by atoms with E-state index in [-0.39, 0.29) is 18.1 Å². The summed E-state index contributed by atoms with van der Waals surface area (Å²) in [5.74, 6) is -0.0534. The molecule has 2 N–H and O–H groups in total. The van der Waals surface area contributed by atoms with Gasteiger partial charge in [0.15, 0.2) is 0 Å². The smallest absolute Gasteiger partial charge is 0.251 e. The molecule has 118 valence electrons. The lowest BCUT2D eigenvalue weighted by molar-refractivity contribution is 0.0852. The minimum absolute atomic E-state index is 0.0385. The van der Waals surface area contributed by atoms with Crippen LogP contribution in [-0.2, 0) is 6.61 Å². The maximum absolute atomic E-state index is 12.3. The summed E-state index contributed by atoms with van der Waals surface area (Å²) in [7, 11) is 2.10. The lowest BCUT2D eigenvalue weighted by Gasteiger charge is -2.38. The van der Waals surface area contributed by atoms with E-state index in [0.717, 1.165) is 31.5 Å². The third-order valence-electron chi connectivity index (χ3n) is 3.88. The Hall–Kier alpha value is -1.39. The van der Waals surface area contributed by atoms with Crippen LogP contribution in [0.2, 0.25) is 0 Å². The Balaban J connectivity index is 0.00000106. The second-order valence-corrected chi connectivity index (χ2v) is 5.68. The van der Waals surface area contributed by atoms with Crippen LogP contribution in [0.3, 0.4) is 0 Å². The summed E-state index contributed by atoms with van der Waals surface area (Å²) in [4.78, 5) is 14.5. The number of hydrogen-bond acceptors (Lipinski definition) is 3. The normalized spacial score (nSPS) is 17.6. The zero-order valence-corrected chi connectivity index (χ0v) is 13.6. The van der Waals surface area contributed by atoms with Gasteiger partial charge in [-0.15, -0.1) is 0 Å². The average Bonchev–Trinajstić information content (AvgIpc) is 2.52. The van der Waals surface area contributed by atoms with Gasteiger partial charge in [0.05, 0.1) is 6.61 Å². The van der Waals surface area contributed by atoms with Crippen LogP contribution in [0.25, 0.3) is 0 Å². The number of aliphatic hydroxyl groups excluding tert-OH is 1. The molecule has 4 nitrogen and oxygen atoms in total. The molecule has 0 atom stereocenters. The molecule has 1 aliphatic rings. The van der Waals surface area contributed by atoms with E-state index in [0.29, 0.717) is 5.56 Å². The van der Waals surface area contributed by atoms with E-state index in [1.165, 1.54) is 0 Å². The number of hydrogen-bond donors (Lipinski definition) is 2. The summed E-state index contributed by atoms with van der Waals surface area (Å²) in [6.45, 7) is 8.08. The van der Waals surface area contributed by atoms with Crippen molar-refractivity contribution in [2.75, 3.05) is 20.1 Å². The van der Waals surface area contributed by atoms with Crippen LogP contribution < -0.4 is 5.32 Å². The number of benzene rings is 1. The number of nitrogens with one attached hydrogen (secondary N) is 1. The summed E-state index contributed by atoms with van der Waals surface area (Å²) in [5.41, 5.74) is 1.26. The molecular weight excluding hydrogens is 264 g/mol. The van der Waals surface area contributed by atoms with E-state index in [1.54, 1.807) is 18.2 Å². The number of carbonyl (C=O) groups excluding carboxylic acids is 1. The van der Waals surface area contributed by atoms with Crippen LogP contribution in [0.1, 0.15) is 49.5 Å². The van der Waals surface area contributed by atoms with Crippen LogP contribution in [0.15, 0.2) is 24.3 Å². The second kappa shape index (κ2) is 8.15. The molecule has 1 fully saturated rings. The Morgan fingerprint density at radius 2 is 1.95 bits per heavy atom. The highest BCUT2D eigenvalue weighted by molar-refractivity contribution is 5.94. The monoisotopic (exact) mass is 292 g/mol. The predicted octanol–water partition coefficient (Wildman–Crippen LogP) is 2.42. The quantitative estimate of drug-likeness (QED) is 0.899. The van der Waals surface area contributed by atoms with E-state index in [9.17, 15) is 4.79 Å². The SMILES string of the molecule is CC.CN1CCC(C)(NC(=O)c2cccc(CO)c2)CC1. The molecular formula is C17H28N2O2. The van der Waals surface area contributed by atoms with E-state index in [2.05, 4.69) is 24.2 Å². The summed E-state index contributed by atoms with van der Waals surface area (Å²) in [6.07, 6.45) is 1.93. The Morgan fingerprint density at radius 3 is 2.52 bits per heavy atom. The van der Waals surface area contributed by atoms with Gasteiger partial charge in [-0.25, -0.2) is 0 Å². The van der Waals surface area contributed by atoms with Crippen LogP contribution in [0.5, 0.6) is 0 Å². The Bertz CT molecular complexity index is 452. The van der Waals surface area contributed by atoms with Crippen molar-refractivity contribution in [1.82, 2.24) is 10.2 Å². The summed E-state index contributed by atoms with van der Waals surface area (Å²) in [6, 6.07) is 7.14. The molecule has 21 heavy (non-hydrogen) atoms. The predicted molar refractivity (Wildman–Crippen MR) is 86.3 cm³/mol. The highest BCUT2D eigenvalue weighted by Gasteiger charge is 2.30. The van der Waals surface area contributed by atoms with Crippen molar-refractivity contribution in [2.24, 2.45) is 0 Å². The van der Waals surface area contributed by atoms with Crippen molar-refractivity contribution < 1.29 is 9.90 Å². The molecule has 1 aliphatic heterocycles. The van der Waals surface area contributed by atoms with Crippen LogP contribution in [-0.4, -0.2) is 41.6 Å². The zero-order chi connectivity index (χ0) is 15.9. The summed E-state index contributed by atoms with van der Waals surface area (Å²) in [5, 5.41) is 12.2. The molecule has 1 amide bonds. The summed E-state index contributed by atoms with van der Waals surface area (Å²) < 4.78 is 0. The molecule has 0 radical (unpaired) electrons. The van der Waals surface area contributed by atoms with Gasteiger partial charge in [-0.3, -0.25) is 4.79 Å². The highest BCUT2D eigenvalue weighted by atomic mass is 16.3. The molecule has 1 aromatic rings. The Morgan fingerprint density at radius 1 is 1.33 bits per heavy atom. The molecule has 0 aliphatic carbocycles. The minimum atomic E-state index is -0.126. The van der Waals surface area contributed by atoms with E-state index >= 15 is 0 Å². The third kappa shape index (κ3) is 5.14. The number of aliphatic hydroxyl groups is 1. The fourth-order valence-electron chi connectivity index (χ4n) is 2.39. The number of likely N-dealkylation sites (tertiary alicyclic amines) is 1. The van der Waals surface area contributed by atoms with Gasteiger partial charge in [-0.2, -0.15) is 0 Å². The fraction of sp³-hybridized carbons (Fsp3) is 0.588. The lowest BCUT2D eigenvalue weighted by Crippen LogP contribution is -2.52. The first kappa shape index (κ1) is 17.7. The molecule has 0 spiro atoms. The van der Waals surface area contributed by atoms with Crippen molar-refractivity contribution in [3.05, 3.63) is 35.4 Å². The van der Waals surface area contributed by atoms with Gasteiger partial charge >= 0.3 is 0 Å². The van der Waals surface area contributed by atoms with Gasteiger partial charge in [-0.1, -0.05) is 26.0 Å². The highest BCUT2D eigenvalue weighted by Crippen LogP contribution is 2.21. The first-order valence-electron chi connectivity index (χ1n) is 7.73. The standard InChI is InChI=1S/C15H22N2O2.C2H6/c1-15(6-8-17(2)9-7-15)16-14(19)13-5-3-4-12(10-13)11-18;1-2/h3-5,10,18H,6-9,11H2,1-2H3,(H,16,19);1-2H3. The van der Waals surface area contributed by atoms with E-state index in [1.807, 2.05) is 19.9 Å². The van der Waals surface area contributed by atoms with Crippen molar-refractivity contribution in [3.63, 3.8) is 0 Å². The number of carbonyl (C=O) groups is 1. The molecule has 2 rings (SSSR count). The van der Waals surface area contributed by atoms with E-state index in [4.69, 9.17) is 5.11 Å². The van der Waals surface area contributed by atoms with Gasteiger partial charge in [0.25, 0.3) is 5.91 Å². The lowest BCUT2D eigenvalue weighted by atomic mass is 9.89. The van der Waals surface area contributed by atoms with Gasteiger partial charge in [0, 0.05) is 24.2 Å². The molecule has 0 aromatic heterocycles. The van der Waals surface area contributed by atoms with Gasteiger partial charge < -0.3 is 15.3 Å². The molecule has 0 unspecified atom stereocenters. The first-order chi connectivity index (χ1) is 10.0. The van der Waals surface area contributed by atoms with Crippen LogP contribution >= 0.6 is 0 Å². The summed E-state index contributed by atoms with van der Waals surface area (Å²) >= 11 is 0. The van der Waals surface area contributed by atoms with Gasteiger partial charge in [0.2, 0.25) is 0 Å². The number of piperidine rings is 1. The second-order valence-electron chi connectivity index (χ2n) is 5.68. The van der Waals surface area contributed by atoms with Crippen molar-refractivity contribution >= 4 is 5.91 Å². The number of rotatable bonds is 3. The minimum Gasteiger partial charge on any atom is -0.392 e. The van der Waals surface area contributed by atoms with Gasteiger partial charge in [0.1, 0.15) is 0 Å².